The summed E-state index contributed by atoms with van der Waals surface area (Å²) in [6.07, 6.45) is -0.461. The Morgan fingerprint density at radius 2 is 2.07 bits per heavy atom. The molecule has 6 nitrogen and oxygen atoms in total. The molecule has 3 atom stereocenters. The van der Waals surface area contributed by atoms with Crippen molar-refractivity contribution in [3.63, 3.8) is 0 Å². The van der Waals surface area contributed by atoms with Gasteiger partial charge in [0, 0.05) is 19.8 Å². The monoisotopic (exact) mass is 240 g/mol. The molecule has 0 aliphatic carbocycles. The molecule has 90 valence electrons. The molecule has 0 heterocycles. The van der Waals surface area contributed by atoms with Gasteiger partial charge in [0.25, 0.3) is 0 Å². The number of hydrogen-bond acceptors (Lipinski definition) is 5. The topological polar surface area (TPSA) is 85.2 Å². The van der Waals surface area contributed by atoms with E-state index in [4.69, 9.17) is 24.0 Å². The fourth-order valence-corrected chi connectivity index (χ4v) is 1.35. The Kier molecular flexibility index (Phi) is 7.43. The average Bonchev–Trinajstić information content (AvgIpc) is 2.13. The minimum absolute atomic E-state index is 0.0392. The highest BCUT2D eigenvalue weighted by Gasteiger charge is 2.18. The number of rotatable bonds is 8. The molecule has 2 N–H and O–H groups in total. The van der Waals surface area contributed by atoms with Gasteiger partial charge in [0.15, 0.2) is 0 Å². The van der Waals surface area contributed by atoms with E-state index in [1.54, 1.807) is 7.85 Å². The van der Waals surface area contributed by atoms with E-state index < -0.39 is 13.7 Å². The number of aliphatic hydroxyl groups excluding tert-OH is 1. The number of methoxy groups -OCH3 is 1. The zero-order valence-corrected chi connectivity index (χ0v) is 10.1. The second-order valence-electron chi connectivity index (χ2n) is 3.31. The number of aliphatic hydroxyl groups is 1. The third-order valence-electron chi connectivity index (χ3n) is 1.53. The van der Waals surface area contributed by atoms with Crippen molar-refractivity contribution in [2.24, 2.45) is 0 Å². The Hall–Kier alpha value is 0.0949. The highest BCUT2D eigenvalue weighted by atomic mass is 31.2. The van der Waals surface area contributed by atoms with E-state index in [2.05, 4.69) is 0 Å². The minimum atomic E-state index is -3.49. The molecule has 0 saturated heterocycles. The second kappa shape index (κ2) is 7.38. The van der Waals surface area contributed by atoms with Gasteiger partial charge in [0.2, 0.25) is 0 Å². The van der Waals surface area contributed by atoms with Crippen molar-refractivity contribution < 1.29 is 28.6 Å². The van der Waals surface area contributed by atoms with Crippen LogP contribution in [0.2, 0.25) is 0 Å². The van der Waals surface area contributed by atoms with Crippen LogP contribution in [0.5, 0.6) is 0 Å². The first-order valence-electron chi connectivity index (χ1n) is 4.59. The van der Waals surface area contributed by atoms with Gasteiger partial charge in [-0.25, -0.2) is 0 Å². The maximum atomic E-state index is 10.9. The molecule has 0 saturated carbocycles. The van der Waals surface area contributed by atoms with Crippen LogP contribution in [-0.4, -0.2) is 63.5 Å². The van der Waals surface area contributed by atoms with Gasteiger partial charge in [-0.2, -0.15) is 0 Å². The normalized spacial score (nSPS) is 19.5. The van der Waals surface area contributed by atoms with E-state index in [1.165, 1.54) is 7.11 Å². The van der Waals surface area contributed by atoms with Crippen LogP contribution in [0.25, 0.3) is 0 Å². The van der Waals surface area contributed by atoms with Crippen LogP contribution in [0.15, 0.2) is 0 Å². The SMILES string of the molecule is B[C@@H](CO)O[C@H](COC)COP(C)(=O)O. The maximum absolute atomic E-state index is 10.9. The summed E-state index contributed by atoms with van der Waals surface area (Å²) in [6.45, 7) is 1.18. The fraction of sp³-hybridized carbons (Fsp3) is 1.00. The molecule has 8 heteroatoms. The first-order valence-corrected chi connectivity index (χ1v) is 6.61. The van der Waals surface area contributed by atoms with Gasteiger partial charge >= 0.3 is 7.60 Å². The zero-order valence-electron chi connectivity index (χ0n) is 9.25. The molecular formula is C7H18BO6P. The van der Waals surface area contributed by atoms with E-state index in [9.17, 15) is 4.57 Å². The summed E-state index contributed by atoms with van der Waals surface area (Å²) in [5.41, 5.74) is 0. The van der Waals surface area contributed by atoms with E-state index in [0.29, 0.717) is 0 Å². The lowest BCUT2D eigenvalue weighted by atomic mass is 10.0. The Morgan fingerprint density at radius 1 is 1.47 bits per heavy atom. The highest BCUT2D eigenvalue weighted by molar-refractivity contribution is 7.51. The van der Waals surface area contributed by atoms with Gasteiger partial charge in [-0.15, -0.1) is 0 Å². The van der Waals surface area contributed by atoms with Crippen molar-refractivity contribution >= 4 is 15.4 Å². The van der Waals surface area contributed by atoms with Crippen LogP contribution in [-0.2, 0) is 18.6 Å². The average molecular weight is 240 g/mol. The van der Waals surface area contributed by atoms with Crippen LogP contribution < -0.4 is 0 Å². The third-order valence-corrected chi connectivity index (χ3v) is 2.16. The van der Waals surface area contributed by atoms with Crippen molar-refractivity contribution in [1.82, 2.24) is 0 Å². The summed E-state index contributed by atoms with van der Waals surface area (Å²) in [5, 5.41) is 8.77. The second-order valence-corrected chi connectivity index (χ2v) is 5.17. The predicted octanol–water partition coefficient (Wildman–Crippen LogP) is -1.20. The maximum Gasteiger partial charge on any atom is 0.325 e. The number of hydrogen-bond donors (Lipinski definition) is 2. The number of ether oxygens (including phenoxy) is 2. The van der Waals surface area contributed by atoms with E-state index in [0.717, 1.165) is 6.66 Å². The lowest BCUT2D eigenvalue weighted by Gasteiger charge is -2.21. The Bertz CT molecular complexity index is 208. The van der Waals surface area contributed by atoms with Crippen LogP contribution in [0, 0.1) is 0 Å². The molecule has 15 heavy (non-hydrogen) atoms. The summed E-state index contributed by atoms with van der Waals surface area (Å²) >= 11 is 0. The predicted molar refractivity (Wildman–Crippen MR) is 57.9 cm³/mol. The van der Waals surface area contributed by atoms with Gasteiger partial charge in [0.1, 0.15) is 14.0 Å². The van der Waals surface area contributed by atoms with Crippen LogP contribution in [0.3, 0.4) is 0 Å². The Labute approximate surface area is 90.5 Å². The fourth-order valence-electron chi connectivity index (χ4n) is 0.906. The molecule has 0 aliphatic heterocycles. The largest absolute Gasteiger partial charge is 0.394 e. The van der Waals surface area contributed by atoms with E-state index in [-0.39, 0.29) is 25.8 Å². The van der Waals surface area contributed by atoms with Crippen LogP contribution in [0.4, 0.5) is 0 Å². The summed E-state index contributed by atoms with van der Waals surface area (Å²) in [7, 11) is -0.315. The quantitative estimate of drug-likeness (QED) is 0.409. The first-order chi connectivity index (χ1) is 6.89. The van der Waals surface area contributed by atoms with Crippen molar-refractivity contribution in [3.8, 4) is 0 Å². The molecule has 0 bridgehead atoms. The molecule has 0 fully saturated rings. The van der Waals surface area contributed by atoms with Crippen LogP contribution >= 0.6 is 7.60 Å². The summed E-state index contributed by atoms with van der Waals surface area (Å²) in [5.74, 6) is 0. The molecule has 0 aromatic heterocycles. The summed E-state index contributed by atoms with van der Waals surface area (Å²) < 4.78 is 25.7. The molecule has 0 aliphatic rings. The van der Waals surface area contributed by atoms with Crippen LogP contribution in [0.1, 0.15) is 0 Å². The first kappa shape index (κ1) is 15.1. The van der Waals surface area contributed by atoms with Gasteiger partial charge in [-0.3, -0.25) is 4.57 Å². The van der Waals surface area contributed by atoms with Crippen molar-refractivity contribution in [1.29, 1.82) is 0 Å². The molecule has 0 spiro atoms. The zero-order chi connectivity index (χ0) is 11.9. The Balaban J connectivity index is 3.98. The highest BCUT2D eigenvalue weighted by Crippen LogP contribution is 2.36. The van der Waals surface area contributed by atoms with E-state index >= 15 is 0 Å². The molecule has 0 rings (SSSR count). The molecule has 0 aromatic rings. The molecular weight excluding hydrogens is 222 g/mol. The summed E-state index contributed by atoms with van der Waals surface area (Å²) in [4.78, 5) is 8.91. The molecule has 0 radical (unpaired) electrons. The van der Waals surface area contributed by atoms with Crippen molar-refractivity contribution in [2.75, 3.05) is 33.6 Å². The van der Waals surface area contributed by atoms with Gasteiger partial charge in [0.05, 0.1) is 19.8 Å². The smallest absolute Gasteiger partial charge is 0.325 e. The lowest BCUT2D eigenvalue weighted by molar-refractivity contribution is -0.0536. The van der Waals surface area contributed by atoms with Gasteiger partial charge < -0.3 is 24.0 Å². The molecule has 0 amide bonds. The van der Waals surface area contributed by atoms with Gasteiger partial charge in [-0.1, -0.05) is 0 Å². The minimum Gasteiger partial charge on any atom is -0.394 e. The molecule has 1 unspecified atom stereocenters. The van der Waals surface area contributed by atoms with E-state index in [1.807, 2.05) is 0 Å². The lowest BCUT2D eigenvalue weighted by Crippen LogP contribution is -2.32. The third kappa shape index (κ3) is 9.05. The standard InChI is InChI=1S/C7H18BO6P/c1-12-4-6(14-7(8)3-9)5-13-15(2,10)11/h6-7,9H,3-5,8H2,1-2H3,(H,10,11)/t6-,7-/m1/s1. The van der Waals surface area contributed by atoms with Crippen molar-refractivity contribution in [3.05, 3.63) is 0 Å². The van der Waals surface area contributed by atoms with Gasteiger partial charge in [-0.05, 0) is 0 Å². The Morgan fingerprint density at radius 3 is 2.47 bits per heavy atom. The summed E-state index contributed by atoms with van der Waals surface area (Å²) in [6, 6.07) is -0.358. The van der Waals surface area contributed by atoms with Crippen molar-refractivity contribution in [2.45, 2.75) is 12.1 Å². The molecule has 0 aromatic carbocycles.